The monoisotopic (exact) mass is 126 g/mol. The number of nitrogens with two attached hydrogens (primary N) is 1. The third kappa shape index (κ3) is 1.05. The third-order valence-electron chi connectivity index (χ3n) is 1.03. The topological polar surface area (TPSA) is 69.2 Å². The molecule has 0 heterocycles. The Morgan fingerprint density at radius 1 is 1.44 bits per heavy atom. The molecule has 0 amide bonds. The molecule has 0 unspecified atom stereocenters. The lowest BCUT2D eigenvalue weighted by molar-refractivity contribution is 0.452. The Bertz CT molecular complexity index is 222. The molecule has 0 aliphatic heterocycles. The Morgan fingerprint density at radius 3 is 2.56 bits per heavy atom. The Kier molecular flexibility index (Phi) is 1.18. The van der Waals surface area contributed by atoms with Crippen molar-refractivity contribution in [3.63, 3.8) is 0 Å². The van der Waals surface area contributed by atoms with E-state index in [2.05, 4.69) is 0 Å². The molecule has 0 aliphatic carbocycles. The number of anilines is 1. The SMILES string of the molecule is Nc1ccc([OH2+])cc1O. The molecule has 0 bridgehead atoms. The summed E-state index contributed by atoms with van der Waals surface area (Å²) >= 11 is 0. The van der Waals surface area contributed by atoms with Crippen LogP contribution >= 0.6 is 0 Å². The van der Waals surface area contributed by atoms with Gasteiger partial charge < -0.3 is 15.9 Å². The molecule has 3 nitrogen and oxygen atoms in total. The van der Waals surface area contributed by atoms with Crippen LogP contribution in [-0.4, -0.2) is 10.2 Å². The van der Waals surface area contributed by atoms with Crippen LogP contribution < -0.4 is 5.73 Å². The second kappa shape index (κ2) is 1.85. The summed E-state index contributed by atoms with van der Waals surface area (Å²) in [4.78, 5) is 0. The zero-order chi connectivity index (χ0) is 6.85. The molecule has 0 radical (unpaired) electrons. The number of benzene rings is 1. The van der Waals surface area contributed by atoms with Gasteiger partial charge in [-0.05, 0) is 6.07 Å². The van der Waals surface area contributed by atoms with Crippen LogP contribution in [0.4, 0.5) is 5.69 Å². The van der Waals surface area contributed by atoms with Crippen molar-refractivity contribution in [2.75, 3.05) is 5.73 Å². The van der Waals surface area contributed by atoms with Crippen LogP contribution in [0, 0.1) is 0 Å². The van der Waals surface area contributed by atoms with Crippen LogP contribution in [0.2, 0.25) is 0 Å². The van der Waals surface area contributed by atoms with E-state index in [0.29, 0.717) is 5.69 Å². The first-order valence-electron chi connectivity index (χ1n) is 2.50. The fraction of sp³-hybridized carbons (Fsp3) is 0. The van der Waals surface area contributed by atoms with E-state index < -0.39 is 0 Å². The summed E-state index contributed by atoms with van der Waals surface area (Å²) in [6.45, 7) is 0. The summed E-state index contributed by atoms with van der Waals surface area (Å²) in [6, 6.07) is 4.32. The van der Waals surface area contributed by atoms with E-state index in [4.69, 9.17) is 15.9 Å². The normalized spacial score (nSPS) is 9.33. The maximum absolute atomic E-state index is 8.86. The molecule has 0 atom stereocenters. The van der Waals surface area contributed by atoms with Gasteiger partial charge in [-0.1, -0.05) is 0 Å². The predicted molar refractivity (Wildman–Crippen MR) is 35.6 cm³/mol. The molecular weight excluding hydrogens is 118 g/mol. The molecule has 0 saturated carbocycles. The van der Waals surface area contributed by atoms with Crippen molar-refractivity contribution >= 4 is 5.69 Å². The van der Waals surface area contributed by atoms with Gasteiger partial charge in [-0.2, -0.15) is 0 Å². The molecule has 0 spiro atoms. The van der Waals surface area contributed by atoms with Gasteiger partial charge in [0.1, 0.15) is 5.75 Å². The minimum Gasteiger partial charge on any atom is -0.593 e. The highest BCUT2D eigenvalue weighted by Gasteiger charge is 1.97. The number of hydrogen-bond donors (Lipinski definition) is 2. The molecule has 1 rings (SSSR count). The maximum Gasteiger partial charge on any atom is 0.257 e. The number of aromatic hydroxyl groups is 1. The van der Waals surface area contributed by atoms with Crippen LogP contribution in [-0.2, 0) is 0 Å². The Hall–Kier alpha value is -1.38. The largest absolute Gasteiger partial charge is 0.593 e. The van der Waals surface area contributed by atoms with E-state index in [9.17, 15) is 0 Å². The average molecular weight is 126 g/mol. The lowest BCUT2D eigenvalue weighted by Crippen LogP contribution is -1.82. The Morgan fingerprint density at radius 2 is 2.11 bits per heavy atom. The number of hydrogen-bond acceptors (Lipinski definition) is 2. The summed E-state index contributed by atoms with van der Waals surface area (Å²) in [5, 5.41) is 15.9. The first-order valence-corrected chi connectivity index (χ1v) is 2.50. The number of rotatable bonds is 0. The molecule has 9 heavy (non-hydrogen) atoms. The van der Waals surface area contributed by atoms with E-state index in [1.807, 2.05) is 0 Å². The molecule has 0 saturated heterocycles. The fourth-order valence-corrected chi connectivity index (χ4v) is 0.544. The minimum atomic E-state index is -0.0255. The molecular formula is C6H8NO2+. The highest BCUT2D eigenvalue weighted by molar-refractivity contribution is 5.54. The summed E-state index contributed by atoms with van der Waals surface area (Å²) in [6.07, 6.45) is 0. The van der Waals surface area contributed by atoms with Crippen LogP contribution in [0.5, 0.6) is 11.5 Å². The van der Waals surface area contributed by atoms with Crippen molar-refractivity contribution in [1.29, 1.82) is 0 Å². The van der Waals surface area contributed by atoms with Crippen LogP contribution in [0.15, 0.2) is 18.2 Å². The molecule has 0 aliphatic rings. The highest BCUT2D eigenvalue weighted by atomic mass is 16.3. The standard InChI is InChI=1S/C6H7NO2/c7-5-2-1-4(8)3-6(5)9/h1-3,8-9H,7H2/p+1. The van der Waals surface area contributed by atoms with Gasteiger partial charge in [0.05, 0.1) is 11.8 Å². The van der Waals surface area contributed by atoms with Gasteiger partial charge >= 0.3 is 0 Å². The van der Waals surface area contributed by atoms with Gasteiger partial charge in [0, 0.05) is 6.07 Å². The smallest absolute Gasteiger partial charge is 0.257 e. The van der Waals surface area contributed by atoms with Gasteiger partial charge in [0.15, 0.2) is 0 Å². The molecule has 1 aromatic carbocycles. The first-order chi connectivity index (χ1) is 4.20. The van der Waals surface area contributed by atoms with E-state index in [1.54, 1.807) is 0 Å². The van der Waals surface area contributed by atoms with Gasteiger partial charge in [-0.25, -0.2) is 0 Å². The third-order valence-corrected chi connectivity index (χ3v) is 1.03. The number of nitrogen functional groups attached to an aromatic ring is 1. The molecule has 0 fully saturated rings. The van der Waals surface area contributed by atoms with E-state index in [0.717, 1.165) is 0 Å². The van der Waals surface area contributed by atoms with Gasteiger partial charge in [-0.15, -0.1) is 0 Å². The Balaban J connectivity index is 3.17. The number of phenolic OH excluding ortho intramolecular Hbond substituents is 1. The summed E-state index contributed by atoms with van der Waals surface area (Å²) in [5.41, 5.74) is 5.57. The zero-order valence-corrected chi connectivity index (χ0v) is 4.76. The molecule has 0 aromatic heterocycles. The highest BCUT2D eigenvalue weighted by Crippen LogP contribution is 2.23. The maximum atomic E-state index is 8.86. The Labute approximate surface area is 52.4 Å². The van der Waals surface area contributed by atoms with Crippen molar-refractivity contribution in [1.82, 2.24) is 0 Å². The second-order valence-corrected chi connectivity index (χ2v) is 1.77. The molecule has 3 heteroatoms. The van der Waals surface area contributed by atoms with E-state index >= 15 is 0 Å². The van der Waals surface area contributed by atoms with Crippen molar-refractivity contribution in [2.24, 2.45) is 0 Å². The van der Waals surface area contributed by atoms with E-state index in [1.165, 1.54) is 18.2 Å². The summed E-state index contributed by atoms with van der Waals surface area (Å²) in [5.74, 6) is 0.240. The van der Waals surface area contributed by atoms with Crippen molar-refractivity contribution < 1.29 is 10.2 Å². The summed E-state index contributed by atoms with van der Waals surface area (Å²) < 4.78 is 0. The fourth-order valence-electron chi connectivity index (χ4n) is 0.544. The van der Waals surface area contributed by atoms with Crippen molar-refractivity contribution in [3.05, 3.63) is 18.2 Å². The van der Waals surface area contributed by atoms with Gasteiger partial charge in [0.25, 0.3) is 5.75 Å². The van der Waals surface area contributed by atoms with Crippen molar-refractivity contribution in [2.45, 2.75) is 0 Å². The van der Waals surface area contributed by atoms with E-state index in [-0.39, 0.29) is 11.5 Å². The number of phenols is 1. The molecule has 5 N–H and O–H groups in total. The second-order valence-electron chi connectivity index (χ2n) is 1.77. The van der Waals surface area contributed by atoms with Crippen LogP contribution in [0.1, 0.15) is 0 Å². The predicted octanol–water partition coefficient (Wildman–Crippen LogP) is 0.412. The van der Waals surface area contributed by atoms with Crippen LogP contribution in [0.3, 0.4) is 0 Å². The summed E-state index contributed by atoms with van der Waals surface area (Å²) in [7, 11) is 0. The first kappa shape index (κ1) is 5.75. The lowest BCUT2D eigenvalue weighted by Gasteiger charge is -1.94. The van der Waals surface area contributed by atoms with Gasteiger partial charge in [-0.3, -0.25) is 0 Å². The lowest BCUT2D eigenvalue weighted by atomic mass is 10.3. The molecule has 48 valence electrons. The van der Waals surface area contributed by atoms with Crippen molar-refractivity contribution in [3.8, 4) is 11.5 Å². The minimum absolute atomic E-state index is 0.0255. The molecule has 1 aromatic rings. The van der Waals surface area contributed by atoms with Gasteiger partial charge in [0.2, 0.25) is 0 Å². The zero-order valence-electron chi connectivity index (χ0n) is 4.76. The quantitative estimate of drug-likeness (QED) is 0.300. The average Bonchev–Trinajstić information content (AvgIpc) is 1.80. The van der Waals surface area contributed by atoms with Crippen LogP contribution in [0.25, 0.3) is 0 Å².